The Morgan fingerprint density at radius 3 is 2.95 bits per heavy atom. The fourth-order valence-corrected chi connectivity index (χ4v) is 3.90. The highest BCUT2D eigenvalue weighted by molar-refractivity contribution is 7.87. The van der Waals surface area contributed by atoms with Crippen LogP contribution >= 0.6 is 0 Å². The molecule has 1 aliphatic rings. The van der Waals surface area contributed by atoms with Gasteiger partial charge >= 0.3 is 5.97 Å². The van der Waals surface area contributed by atoms with E-state index in [1.807, 2.05) is 0 Å². The van der Waals surface area contributed by atoms with Crippen LogP contribution in [0.1, 0.15) is 19.8 Å². The van der Waals surface area contributed by atoms with Gasteiger partial charge in [-0.2, -0.15) is 22.5 Å². The zero-order valence-corrected chi connectivity index (χ0v) is 12.7. The molecule has 8 nitrogen and oxygen atoms in total. The summed E-state index contributed by atoms with van der Waals surface area (Å²) >= 11 is 0. The summed E-state index contributed by atoms with van der Waals surface area (Å²) in [5.41, 5.74) is 0. The van der Waals surface area contributed by atoms with E-state index in [4.69, 9.17) is 5.11 Å². The van der Waals surface area contributed by atoms with Gasteiger partial charge in [-0.05, 0) is 25.8 Å². The summed E-state index contributed by atoms with van der Waals surface area (Å²) in [5.74, 6) is -1.57. The third-order valence-electron chi connectivity index (χ3n) is 3.44. The Morgan fingerprint density at radius 2 is 2.33 bits per heavy atom. The van der Waals surface area contributed by atoms with Crippen molar-refractivity contribution in [3.8, 4) is 0 Å². The van der Waals surface area contributed by atoms with Gasteiger partial charge in [0.1, 0.15) is 0 Å². The molecule has 2 N–H and O–H groups in total. The predicted molar refractivity (Wildman–Crippen MR) is 75.7 cm³/mol. The average Bonchev–Trinajstić information content (AvgIpc) is 2.91. The van der Waals surface area contributed by atoms with E-state index in [9.17, 15) is 13.2 Å². The summed E-state index contributed by atoms with van der Waals surface area (Å²) < 4.78 is 30.0. The van der Waals surface area contributed by atoms with E-state index in [1.54, 1.807) is 30.1 Å². The highest BCUT2D eigenvalue weighted by atomic mass is 32.2. The highest BCUT2D eigenvalue weighted by Gasteiger charge is 2.32. The minimum Gasteiger partial charge on any atom is -0.481 e. The van der Waals surface area contributed by atoms with E-state index in [0.717, 1.165) is 0 Å². The van der Waals surface area contributed by atoms with E-state index < -0.39 is 22.1 Å². The second-order valence-corrected chi connectivity index (χ2v) is 6.99. The van der Waals surface area contributed by atoms with Crippen LogP contribution in [0, 0.1) is 5.92 Å². The van der Waals surface area contributed by atoms with Gasteiger partial charge in [0.25, 0.3) is 10.2 Å². The lowest BCUT2D eigenvalue weighted by Gasteiger charge is -2.30. The fraction of sp³-hybridized carbons (Fsp3) is 0.667. The lowest BCUT2D eigenvalue weighted by Crippen LogP contribution is -2.50. The Labute approximate surface area is 123 Å². The van der Waals surface area contributed by atoms with Crippen LogP contribution in [0.25, 0.3) is 0 Å². The lowest BCUT2D eigenvalue weighted by atomic mass is 10.0. The molecule has 2 heterocycles. The molecule has 0 aromatic carbocycles. The summed E-state index contributed by atoms with van der Waals surface area (Å²) in [6.07, 6.45) is 4.46. The molecule has 2 unspecified atom stereocenters. The Morgan fingerprint density at radius 1 is 1.57 bits per heavy atom. The monoisotopic (exact) mass is 316 g/mol. The molecule has 0 amide bonds. The first-order valence-electron chi connectivity index (χ1n) is 6.86. The Kier molecular flexibility index (Phi) is 4.96. The number of carboxylic acids is 1. The maximum atomic E-state index is 12.3. The van der Waals surface area contributed by atoms with Crippen LogP contribution < -0.4 is 4.72 Å². The van der Waals surface area contributed by atoms with Crippen LogP contribution in [0.4, 0.5) is 0 Å². The van der Waals surface area contributed by atoms with Crippen molar-refractivity contribution in [3.05, 3.63) is 18.5 Å². The third-order valence-corrected chi connectivity index (χ3v) is 5.16. The standard InChI is InChI=1S/C12H20N4O4S/c1-10(8-15-6-3-5-13-15)14-21(19,20)16-7-2-4-11(9-16)12(17)18/h3,5-6,10-11,14H,2,4,7-9H2,1H3,(H,17,18). The minimum atomic E-state index is -3.67. The summed E-state index contributed by atoms with van der Waals surface area (Å²) in [7, 11) is -3.67. The van der Waals surface area contributed by atoms with Gasteiger partial charge in [-0.1, -0.05) is 0 Å². The summed E-state index contributed by atoms with van der Waals surface area (Å²) in [5, 5.41) is 13.0. The molecule has 0 radical (unpaired) electrons. The van der Waals surface area contributed by atoms with Crippen molar-refractivity contribution in [1.29, 1.82) is 0 Å². The number of nitrogens with zero attached hydrogens (tertiary/aromatic N) is 3. The molecule has 0 saturated carbocycles. The van der Waals surface area contributed by atoms with Crippen LogP contribution in [0.15, 0.2) is 18.5 Å². The number of hydrogen-bond acceptors (Lipinski definition) is 4. The zero-order chi connectivity index (χ0) is 15.5. The van der Waals surface area contributed by atoms with Crippen molar-refractivity contribution >= 4 is 16.2 Å². The number of piperidine rings is 1. The van der Waals surface area contributed by atoms with Gasteiger partial charge in [-0.15, -0.1) is 0 Å². The number of aliphatic carboxylic acids is 1. The van der Waals surface area contributed by atoms with Crippen molar-refractivity contribution < 1.29 is 18.3 Å². The van der Waals surface area contributed by atoms with Gasteiger partial charge < -0.3 is 5.11 Å². The van der Waals surface area contributed by atoms with Crippen molar-refractivity contribution in [2.75, 3.05) is 13.1 Å². The highest BCUT2D eigenvalue weighted by Crippen LogP contribution is 2.18. The summed E-state index contributed by atoms with van der Waals surface area (Å²) in [6, 6.07) is 1.43. The first kappa shape index (κ1) is 15.9. The molecule has 0 aliphatic carbocycles. The van der Waals surface area contributed by atoms with Gasteiger partial charge in [0.15, 0.2) is 0 Å². The molecule has 21 heavy (non-hydrogen) atoms. The van der Waals surface area contributed by atoms with Crippen LogP contribution in [0.3, 0.4) is 0 Å². The van der Waals surface area contributed by atoms with Gasteiger partial charge in [0.05, 0.1) is 12.5 Å². The number of carboxylic acid groups (broad SMARTS) is 1. The van der Waals surface area contributed by atoms with Gasteiger partial charge in [-0.25, -0.2) is 0 Å². The van der Waals surface area contributed by atoms with E-state index in [1.165, 1.54) is 4.31 Å². The SMILES string of the molecule is CC(Cn1cccn1)NS(=O)(=O)N1CCCC(C(=O)O)C1. The van der Waals surface area contributed by atoms with Crippen molar-refractivity contribution in [2.45, 2.75) is 32.4 Å². The second-order valence-electron chi connectivity index (χ2n) is 5.29. The molecule has 0 spiro atoms. The van der Waals surface area contributed by atoms with Crippen molar-refractivity contribution in [2.24, 2.45) is 5.92 Å². The zero-order valence-electron chi connectivity index (χ0n) is 11.8. The van der Waals surface area contributed by atoms with Gasteiger partial charge in [0, 0.05) is 31.5 Å². The number of nitrogens with one attached hydrogen (secondary N) is 1. The Bertz CT molecular complexity index is 572. The smallest absolute Gasteiger partial charge is 0.307 e. The molecule has 118 valence electrons. The van der Waals surface area contributed by atoms with E-state index in [0.29, 0.717) is 25.9 Å². The van der Waals surface area contributed by atoms with Crippen molar-refractivity contribution in [3.63, 3.8) is 0 Å². The van der Waals surface area contributed by atoms with E-state index >= 15 is 0 Å². The molecule has 1 saturated heterocycles. The summed E-state index contributed by atoms with van der Waals surface area (Å²) in [6.45, 7) is 2.55. The Balaban J connectivity index is 1.95. The maximum Gasteiger partial charge on any atom is 0.307 e. The number of rotatable bonds is 6. The Hall–Kier alpha value is -1.45. The molecule has 1 aromatic heterocycles. The fourth-order valence-electron chi connectivity index (χ4n) is 2.42. The number of aromatic nitrogens is 2. The number of hydrogen-bond donors (Lipinski definition) is 2. The number of carbonyl (C=O) groups is 1. The predicted octanol–water partition coefficient (Wildman–Crippen LogP) is -0.0974. The molecular formula is C12H20N4O4S. The molecule has 2 atom stereocenters. The van der Waals surface area contributed by atoms with E-state index in [-0.39, 0.29) is 12.6 Å². The second kappa shape index (κ2) is 6.54. The quantitative estimate of drug-likeness (QED) is 0.763. The minimum absolute atomic E-state index is 0.0269. The van der Waals surface area contributed by atoms with Crippen LogP contribution in [0.2, 0.25) is 0 Å². The molecule has 0 bridgehead atoms. The van der Waals surface area contributed by atoms with Crippen LogP contribution in [-0.4, -0.2) is 52.7 Å². The van der Waals surface area contributed by atoms with Crippen molar-refractivity contribution in [1.82, 2.24) is 18.8 Å². The van der Waals surface area contributed by atoms with Crippen LogP contribution in [0.5, 0.6) is 0 Å². The summed E-state index contributed by atoms with van der Waals surface area (Å²) in [4.78, 5) is 11.0. The molecular weight excluding hydrogens is 296 g/mol. The average molecular weight is 316 g/mol. The molecule has 1 fully saturated rings. The molecule has 1 aliphatic heterocycles. The van der Waals surface area contributed by atoms with Gasteiger partial charge in [-0.3, -0.25) is 9.48 Å². The first-order valence-corrected chi connectivity index (χ1v) is 8.30. The third kappa shape index (κ3) is 4.26. The van der Waals surface area contributed by atoms with Crippen LogP contribution in [-0.2, 0) is 21.5 Å². The first-order chi connectivity index (χ1) is 9.88. The normalized spacial score (nSPS) is 22.0. The molecule has 1 aromatic rings. The molecule has 2 rings (SSSR count). The van der Waals surface area contributed by atoms with Gasteiger partial charge in [0.2, 0.25) is 0 Å². The molecule has 9 heteroatoms. The largest absolute Gasteiger partial charge is 0.481 e. The maximum absolute atomic E-state index is 12.3. The topological polar surface area (TPSA) is 105 Å². The van der Waals surface area contributed by atoms with E-state index in [2.05, 4.69) is 9.82 Å². The lowest BCUT2D eigenvalue weighted by molar-refractivity contribution is -0.142.